The molecule has 2 aliphatic carbocycles. The second kappa shape index (κ2) is 10.3. The molecule has 0 aliphatic heterocycles. The highest BCUT2D eigenvalue weighted by Crippen LogP contribution is 2.43. The number of nitrogens with one attached hydrogen (secondary N) is 1. The van der Waals surface area contributed by atoms with Crippen molar-refractivity contribution in [1.82, 2.24) is 15.1 Å². The van der Waals surface area contributed by atoms with Crippen LogP contribution in [0.4, 0.5) is 0 Å². The molecule has 3 atom stereocenters. The lowest BCUT2D eigenvalue weighted by Crippen LogP contribution is -2.42. The third kappa shape index (κ3) is 5.73. The number of fused-ring (bicyclic) bond motifs is 2. The maximum Gasteiger partial charge on any atom is 0.258 e. The standard InChI is InChI=1S/C24H37N3O3/c1-16(2)15-30-24-22(13-25-27(24)9-8-17(3)14-28)23(29)26-18(4)21-11-19-6-5-7-20(10-19)12-21/h8,13-14,16,18-21H,5-7,9-12,15H2,1-4H3,(H,26,29)/b17-8+. The predicted molar refractivity (Wildman–Crippen MR) is 117 cm³/mol. The maximum absolute atomic E-state index is 13.1. The molecule has 0 spiro atoms. The van der Waals surface area contributed by atoms with Gasteiger partial charge in [0.2, 0.25) is 5.88 Å². The van der Waals surface area contributed by atoms with Gasteiger partial charge in [0, 0.05) is 6.04 Å². The highest BCUT2D eigenvalue weighted by Gasteiger charge is 2.35. The summed E-state index contributed by atoms with van der Waals surface area (Å²) < 4.78 is 7.62. The molecule has 30 heavy (non-hydrogen) atoms. The molecule has 6 heteroatoms. The molecule has 2 fully saturated rings. The molecule has 166 valence electrons. The van der Waals surface area contributed by atoms with E-state index >= 15 is 0 Å². The van der Waals surface area contributed by atoms with Crippen LogP contribution in [0.2, 0.25) is 0 Å². The van der Waals surface area contributed by atoms with Gasteiger partial charge < -0.3 is 10.1 Å². The van der Waals surface area contributed by atoms with Gasteiger partial charge in [0.1, 0.15) is 11.8 Å². The molecule has 0 radical (unpaired) electrons. The van der Waals surface area contributed by atoms with E-state index in [0.29, 0.717) is 42.0 Å². The lowest BCUT2D eigenvalue weighted by atomic mass is 9.66. The van der Waals surface area contributed by atoms with Gasteiger partial charge in [0.15, 0.2) is 0 Å². The molecular weight excluding hydrogens is 378 g/mol. The third-order valence-corrected chi connectivity index (χ3v) is 6.59. The minimum Gasteiger partial charge on any atom is -0.477 e. The van der Waals surface area contributed by atoms with Crippen molar-refractivity contribution in [3.8, 4) is 5.88 Å². The number of carbonyl (C=O) groups is 2. The molecule has 1 N–H and O–H groups in total. The summed E-state index contributed by atoms with van der Waals surface area (Å²) in [5, 5.41) is 7.59. The van der Waals surface area contributed by atoms with Crippen molar-refractivity contribution in [2.75, 3.05) is 6.61 Å². The van der Waals surface area contributed by atoms with Crippen LogP contribution in [0.15, 0.2) is 17.8 Å². The predicted octanol–water partition coefficient (Wildman–Crippen LogP) is 4.40. The Morgan fingerprint density at radius 2 is 1.97 bits per heavy atom. The zero-order chi connectivity index (χ0) is 21.7. The fraction of sp³-hybridized carbons (Fsp3) is 0.708. The Labute approximate surface area is 180 Å². The highest BCUT2D eigenvalue weighted by molar-refractivity contribution is 5.96. The number of nitrogens with zero attached hydrogens (tertiary/aromatic N) is 2. The zero-order valence-corrected chi connectivity index (χ0v) is 18.9. The molecule has 2 saturated carbocycles. The van der Waals surface area contributed by atoms with Gasteiger partial charge in [-0.15, -0.1) is 0 Å². The van der Waals surface area contributed by atoms with Gasteiger partial charge in [0.05, 0.1) is 19.3 Å². The van der Waals surface area contributed by atoms with E-state index in [2.05, 4.69) is 31.2 Å². The van der Waals surface area contributed by atoms with Crippen molar-refractivity contribution in [3.05, 3.63) is 23.4 Å². The summed E-state index contributed by atoms with van der Waals surface area (Å²) in [6, 6.07) is 0.138. The smallest absolute Gasteiger partial charge is 0.258 e. The van der Waals surface area contributed by atoms with Crippen molar-refractivity contribution in [1.29, 1.82) is 0 Å². The summed E-state index contributed by atoms with van der Waals surface area (Å²) in [5.74, 6) is 2.90. The minimum atomic E-state index is -0.126. The molecule has 2 aliphatic rings. The van der Waals surface area contributed by atoms with Crippen molar-refractivity contribution in [3.63, 3.8) is 0 Å². The SMILES string of the molecule is C/C(C=O)=C\Cn1ncc(C(=O)NC(C)C2CC3CCCC(C3)C2)c1OCC(C)C. The molecule has 6 nitrogen and oxygen atoms in total. The lowest BCUT2D eigenvalue weighted by molar-refractivity contribution is -0.104. The first-order chi connectivity index (χ1) is 14.4. The fourth-order valence-corrected chi connectivity index (χ4v) is 4.93. The van der Waals surface area contributed by atoms with Crippen LogP contribution in [0.3, 0.4) is 0 Å². The zero-order valence-electron chi connectivity index (χ0n) is 18.9. The number of rotatable bonds is 9. The Kier molecular flexibility index (Phi) is 7.73. The first-order valence-corrected chi connectivity index (χ1v) is 11.5. The Hall–Kier alpha value is -2.11. The van der Waals surface area contributed by atoms with E-state index in [9.17, 15) is 9.59 Å². The van der Waals surface area contributed by atoms with Crippen LogP contribution in [-0.4, -0.2) is 34.6 Å². The molecule has 2 bridgehead atoms. The van der Waals surface area contributed by atoms with Gasteiger partial charge in [0.25, 0.3) is 5.91 Å². The van der Waals surface area contributed by atoms with E-state index in [1.807, 2.05) is 0 Å². The number of ether oxygens (including phenoxy) is 1. The molecule has 1 aromatic rings. The quantitative estimate of drug-likeness (QED) is 0.479. The van der Waals surface area contributed by atoms with Crippen LogP contribution in [0.25, 0.3) is 0 Å². The van der Waals surface area contributed by atoms with Crippen LogP contribution in [-0.2, 0) is 11.3 Å². The highest BCUT2D eigenvalue weighted by atomic mass is 16.5. The van der Waals surface area contributed by atoms with Crippen LogP contribution in [0, 0.1) is 23.7 Å². The topological polar surface area (TPSA) is 73.2 Å². The maximum atomic E-state index is 13.1. The van der Waals surface area contributed by atoms with E-state index < -0.39 is 0 Å². The van der Waals surface area contributed by atoms with Crippen molar-refractivity contribution >= 4 is 12.2 Å². The van der Waals surface area contributed by atoms with Crippen molar-refractivity contribution in [2.24, 2.45) is 23.7 Å². The number of amides is 1. The fourth-order valence-electron chi connectivity index (χ4n) is 4.93. The van der Waals surface area contributed by atoms with Gasteiger partial charge >= 0.3 is 0 Å². The summed E-state index contributed by atoms with van der Waals surface area (Å²) >= 11 is 0. The van der Waals surface area contributed by atoms with E-state index in [0.717, 1.165) is 18.1 Å². The van der Waals surface area contributed by atoms with Gasteiger partial charge in [-0.3, -0.25) is 9.59 Å². The molecule has 0 aromatic carbocycles. The molecule has 3 rings (SSSR count). The Morgan fingerprint density at radius 3 is 2.60 bits per heavy atom. The number of allylic oxidation sites excluding steroid dienone is 2. The summed E-state index contributed by atoms with van der Waals surface area (Å²) in [7, 11) is 0. The number of hydrogen-bond donors (Lipinski definition) is 1. The number of aromatic nitrogens is 2. The number of aldehydes is 1. The largest absolute Gasteiger partial charge is 0.477 e. The second-order valence-corrected chi connectivity index (χ2v) is 9.71. The normalized spacial score (nSPS) is 25.1. The van der Waals surface area contributed by atoms with Crippen LogP contribution in [0.1, 0.15) is 76.6 Å². The average molecular weight is 416 g/mol. The first kappa shape index (κ1) is 22.6. The van der Waals surface area contributed by atoms with Crippen LogP contribution in [0.5, 0.6) is 5.88 Å². The summed E-state index contributed by atoms with van der Waals surface area (Å²) in [6.45, 7) is 8.92. The van der Waals surface area contributed by atoms with Crippen LogP contribution < -0.4 is 10.1 Å². The van der Waals surface area contributed by atoms with Gasteiger partial charge in [-0.25, -0.2) is 4.68 Å². The van der Waals surface area contributed by atoms with E-state index in [-0.39, 0.29) is 11.9 Å². The minimum absolute atomic E-state index is 0.126. The third-order valence-electron chi connectivity index (χ3n) is 6.59. The molecule has 1 aromatic heterocycles. The summed E-state index contributed by atoms with van der Waals surface area (Å²) in [4.78, 5) is 24.0. The molecule has 0 saturated heterocycles. The molecule has 1 heterocycles. The average Bonchev–Trinajstić information content (AvgIpc) is 3.12. The van der Waals surface area contributed by atoms with Crippen molar-refractivity contribution < 1.29 is 14.3 Å². The molecular formula is C24H37N3O3. The number of hydrogen-bond acceptors (Lipinski definition) is 4. The number of carbonyl (C=O) groups excluding carboxylic acids is 2. The second-order valence-electron chi connectivity index (χ2n) is 9.71. The van der Waals surface area contributed by atoms with Gasteiger partial charge in [-0.2, -0.15) is 5.10 Å². The van der Waals surface area contributed by atoms with E-state index in [1.54, 1.807) is 23.9 Å². The Bertz CT molecular complexity index is 756. The lowest BCUT2D eigenvalue weighted by Gasteiger charge is -2.41. The van der Waals surface area contributed by atoms with Gasteiger partial charge in [-0.05, 0) is 62.4 Å². The first-order valence-electron chi connectivity index (χ1n) is 11.5. The van der Waals surface area contributed by atoms with E-state index in [4.69, 9.17) is 4.74 Å². The van der Waals surface area contributed by atoms with Crippen molar-refractivity contribution in [2.45, 2.75) is 78.8 Å². The Morgan fingerprint density at radius 1 is 1.27 bits per heavy atom. The molecule has 3 unspecified atom stereocenters. The van der Waals surface area contributed by atoms with Gasteiger partial charge in [-0.1, -0.05) is 39.2 Å². The van der Waals surface area contributed by atoms with Crippen LogP contribution >= 0.6 is 0 Å². The summed E-state index contributed by atoms with van der Waals surface area (Å²) in [6.07, 6.45) is 12.1. The summed E-state index contributed by atoms with van der Waals surface area (Å²) in [5.41, 5.74) is 1.10. The molecule has 1 amide bonds. The monoisotopic (exact) mass is 415 g/mol. The Balaban J connectivity index is 1.70. The van der Waals surface area contributed by atoms with E-state index in [1.165, 1.54) is 38.5 Å².